The van der Waals surface area contributed by atoms with E-state index in [1.165, 1.54) is 0 Å². The number of nitrogens with zero attached hydrogens (tertiary/aromatic N) is 1. The zero-order valence-corrected chi connectivity index (χ0v) is 8.60. The van der Waals surface area contributed by atoms with Gasteiger partial charge < -0.3 is 15.7 Å². The first-order chi connectivity index (χ1) is 7.09. The topological polar surface area (TPSA) is 66.6 Å². The number of anilines is 1. The Balaban J connectivity index is 2.42. The van der Waals surface area contributed by atoms with Gasteiger partial charge in [-0.15, -0.1) is 0 Å². The number of rotatable bonds is 1. The fourth-order valence-corrected chi connectivity index (χ4v) is 1.86. The molecule has 0 bridgehead atoms. The van der Waals surface area contributed by atoms with Gasteiger partial charge in [-0.3, -0.25) is 4.79 Å². The van der Waals surface area contributed by atoms with E-state index < -0.39 is 6.23 Å². The van der Waals surface area contributed by atoms with Gasteiger partial charge in [0, 0.05) is 19.2 Å². The van der Waals surface area contributed by atoms with E-state index in [-0.39, 0.29) is 5.91 Å². The summed E-state index contributed by atoms with van der Waals surface area (Å²) in [4.78, 5) is 13.1. The van der Waals surface area contributed by atoms with Crippen molar-refractivity contribution < 1.29 is 9.90 Å². The Hall–Kier alpha value is -1.39. The van der Waals surface area contributed by atoms with Crippen LogP contribution in [0.5, 0.6) is 0 Å². The molecule has 1 unspecified atom stereocenters. The second kappa shape index (κ2) is 3.64. The molecule has 1 atom stereocenters. The van der Waals surface area contributed by atoms with Gasteiger partial charge in [0.2, 0.25) is 5.91 Å². The summed E-state index contributed by atoms with van der Waals surface area (Å²) in [5.74, 6) is 0.128. The van der Waals surface area contributed by atoms with Gasteiger partial charge in [0.15, 0.2) is 0 Å². The molecule has 1 aliphatic rings. The van der Waals surface area contributed by atoms with Crippen LogP contribution in [0, 0.1) is 0 Å². The largest absolute Gasteiger partial charge is 0.375 e. The van der Waals surface area contributed by atoms with Crippen molar-refractivity contribution in [1.29, 1.82) is 0 Å². The van der Waals surface area contributed by atoms with Crippen LogP contribution in [0.1, 0.15) is 23.8 Å². The fourth-order valence-electron chi connectivity index (χ4n) is 1.86. The van der Waals surface area contributed by atoms with E-state index in [9.17, 15) is 9.90 Å². The minimum atomic E-state index is -0.946. The lowest BCUT2D eigenvalue weighted by Gasteiger charge is -2.26. The molecular formula is C11H14N2O2. The van der Waals surface area contributed by atoms with E-state index in [1.54, 1.807) is 18.0 Å². The van der Waals surface area contributed by atoms with Crippen molar-refractivity contribution in [2.45, 2.75) is 19.1 Å². The summed E-state index contributed by atoms with van der Waals surface area (Å²) in [6.07, 6.45) is 0.297. The smallest absolute Gasteiger partial charge is 0.227 e. The van der Waals surface area contributed by atoms with E-state index in [0.29, 0.717) is 12.0 Å². The second-order valence-electron chi connectivity index (χ2n) is 3.79. The van der Waals surface area contributed by atoms with Crippen LogP contribution in [-0.4, -0.2) is 18.1 Å². The summed E-state index contributed by atoms with van der Waals surface area (Å²) >= 11 is 0. The Morgan fingerprint density at radius 2 is 2.20 bits per heavy atom. The summed E-state index contributed by atoms with van der Waals surface area (Å²) in [6, 6.07) is 5.44. The number of hydrogen-bond donors (Lipinski definition) is 2. The molecule has 0 aromatic heterocycles. The van der Waals surface area contributed by atoms with Crippen LogP contribution in [0.4, 0.5) is 5.69 Å². The predicted octanol–water partition coefficient (Wildman–Crippen LogP) is 0.545. The third kappa shape index (κ3) is 1.73. The SMILES string of the molecule is CN1C(=O)CCc2cc(C(N)O)ccc21. The lowest BCUT2D eigenvalue weighted by atomic mass is 9.99. The molecule has 1 aliphatic heterocycles. The predicted molar refractivity (Wildman–Crippen MR) is 57.3 cm³/mol. The van der Waals surface area contributed by atoms with Crippen molar-refractivity contribution in [2.24, 2.45) is 5.73 Å². The van der Waals surface area contributed by atoms with Crippen LogP contribution < -0.4 is 10.6 Å². The number of aryl methyl sites for hydroxylation is 1. The second-order valence-corrected chi connectivity index (χ2v) is 3.79. The third-order valence-corrected chi connectivity index (χ3v) is 2.79. The number of carbonyl (C=O) groups excluding carboxylic acids is 1. The Labute approximate surface area is 88.3 Å². The zero-order chi connectivity index (χ0) is 11.0. The summed E-state index contributed by atoms with van der Waals surface area (Å²) in [5.41, 5.74) is 8.06. The van der Waals surface area contributed by atoms with Crippen molar-refractivity contribution >= 4 is 11.6 Å². The minimum absolute atomic E-state index is 0.128. The Morgan fingerprint density at radius 1 is 1.47 bits per heavy atom. The molecule has 0 radical (unpaired) electrons. The number of carbonyl (C=O) groups is 1. The van der Waals surface area contributed by atoms with Gasteiger partial charge in [-0.1, -0.05) is 6.07 Å². The first-order valence-electron chi connectivity index (χ1n) is 4.92. The maximum atomic E-state index is 11.4. The molecule has 4 nitrogen and oxygen atoms in total. The first-order valence-corrected chi connectivity index (χ1v) is 4.92. The quantitative estimate of drug-likeness (QED) is 0.659. The normalized spacial score (nSPS) is 17.5. The number of aliphatic hydroxyl groups excluding tert-OH is 1. The van der Waals surface area contributed by atoms with Crippen molar-refractivity contribution in [3.05, 3.63) is 29.3 Å². The number of amides is 1. The van der Waals surface area contributed by atoms with Crippen molar-refractivity contribution in [2.75, 3.05) is 11.9 Å². The Morgan fingerprint density at radius 3 is 2.87 bits per heavy atom. The molecule has 3 N–H and O–H groups in total. The molecule has 1 aromatic carbocycles. The highest BCUT2D eigenvalue weighted by Gasteiger charge is 2.21. The summed E-state index contributed by atoms with van der Waals surface area (Å²) in [7, 11) is 1.76. The molecule has 0 saturated carbocycles. The van der Waals surface area contributed by atoms with Gasteiger partial charge in [-0.2, -0.15) is 0 Å². The lowest BCUT2D eigenvalue weighted by molar-refractivity contribution is -0.118. The van der Waals surface area contributed by atoms with E-state index >= 15 is 0 Å². The molecule has 4 heteroatoms. The van der Waals surface area contributed by atoms with Crippen LogP contribution in [0.25, 0.3) is 0 Å². The number of benzene rings is 1. The van der Waals surface area contributed by atoms with Gasteiger partial charge in [0.1, 0.15) is 6.23 Å². The number of hydrogen-bond acceptors (Lipinski definition) is 3. The van der Waals surface area contributed by atoms with Crippen molar-refractivity contribution in [1.82, 2.24) is 0 Å². The van der Waals surface area contributed by atoms with E-state index in [4.69, 9.17) is 5.73 Å². The van der Waals surface area contributed by atoms with E-state index in [2.05, 4.69) is 0 Å². The first kappa shape index (κ1) is 10.1. The average Bonchev–Trinajstić information content (AvgIpc) is 2.23. The maximum Gasteiger partial charge on any atom is 0.227 e. The van der Waals surface area contributed by atoms with Gasteiger partial charge in [-0.05, 0) is 29.7 Å². The molecule has 1 amide bonds. The van der Waals surface area contributed by atoms with Gasteiger partial charge in [-0.25, -0.2) is 0 Å². The molecule has 0 saturated heterocycles. The van der Waals surface area contributed by atoms with Crippen molar-refractivity contribution in [3.8, 4) is 0 Å². The summed E-state index contributed by atoms with van der Waals surface area (Å²) in [5, 5.41) is 9.24. The third-order valence-electron chi connectivity index (χ3n) is 2.79. The van der Waals surface area contributed by atoms with Crippen LogP contribution in [0.2, 0.25) is 0 Å². The molecular weight excluding hydrogens is 192 g/mol. The van der Waals surface area contributed by atoms with Gasteiger partial charge >= 0.3 is 0 Å². The highest BCUT2D eigenvalue weighted by Crippen LogP contribution is 2.28. The Kier molecular flexibility index (Phi) is 2.46. The van der Waals surface area contributed by atoms with Gasteiger partial charge in [0.25, 0.3) is 0 Å². The van der Waals surface area contributed by atoms with E-state index in [1.807, 2.05) is 12.1 Å². The standard InChI is InChI=1S/C11H14N2O2/c1-13-9-4-2-8(11(12)15)6-7(9)3-5-10(13)14/h2,4,6,11,15H,3,5,12H2,1H3. The van der Waals surface area contributed by atoms with E-state index in [0.717, 1.165) is 17.7 Å². The number of aliphatic hydroxyl groups is 1. The van der Waals surface area contributed by atoms with Crippen LogP contribution in [-0.2, 0) is 11.2 Å². The zero-order valence-electron chi connectivity index (χ0n) is 8.60. The van der Waals surface area contributed by atoms with Gasteiger partial charge in [0.05, 0.1) is 0 Å². The Bertz CT molecular complexity index is 402. The minimum Gasteiger partial charge on any atom is -0.375 e. The van der Waals surface area contributed by atoms with Crippen LogP contribution in [0.3, 0.4) is 0 Å². The molecule has 1 aromatic rings. The fraction of sp³-hybridized carbons (Fsp3) is 0.364. The molecule has 1 heterocycles. The number of nitrogens with two attached hydrogens (primary N) is 1. The average molecular weight is 206 g/mol. The molecule has 0 aliphatic carbocycles. The molecule has 15 heavy (non-hydrogen) atoms. The van der Waals surface area contributed by atoms with Crippen LogP contribution in [0.15, 0.2) is 18.2 Å². The summed E-state index contributed by atoms with van der Waals surface area (Å²) in [6.45, 7) is 0. The molecule has 80 valence electrons. The highest BCUT2D eigenvalue weighted by molar-refractivity contribution is 5.95. The molecule has 0 fully saturated rings. The maximum absolute atomic E-state index is 11.4. The van der Waals surface area contributed by atoms with Crippen LogP contribution >= 0.6 is 0 Å². The van der Waals surface area contributed by atoms with Crippen molar-refractivity contribution in [3.63, 3.8) is 0 Å². The highest BCUT2D eigenvalue weighted by atomic mass is 16.3. The molecule has 0 spiro atoms. The molecule has 2 rings (SSSR count). The lowest BCUT2D eigenvalue weighted by Crippen LogP contribution is -2.31. The summed E-state index contributed by atoms with van der Waals surface area (Å²) < 4.78 is 0. The monoisotopic (exact) mass is 206 g/mol. The number of fused-ring (bicyclic) bond motifs is 1.